The Hall–Kier alpha value is -3.35. The zero-order chi connectivity index (χ0) is 28.6. The second-order valence-corrected chi connectivity index (χ2v) is 12.0. The van der Waals surface area contributed by atoms with Crippen LogP contribution in [0.15, 0.2) is 66.7 Å². The highest BCUT2D eigenvalue weighted by molar-refractivity contribution is 7.22. The van der Waals surface area contributed by atoms with E-state index in [1.54, 1.807) is 25.6 Å². The molecule has 0 radical (unpaired) electrons. The van der Waals surface area contributed by atoms with Gasteiger partial charge >= 0.3 is 0 Å². The summed E-state index contributed by atoms with van der Waals surface area (Å²) in [5.41, 5.74) is 2.35. The number of hydrogen-bond donors (Lipinski definition) is 0. The maximum atomic E-state index is 14.0. The van der Waals surface area contributed by atoms with Gasteiger partial charge in [0.25, 0.3) is 0 Å². The van der Waals surface area contributed by atoms with Crippen molar-refractivity contribution in [2.24, 2.45) is 5.92 Å². The molecule has 4 aromatic rings. The maximum absolute atomic E-state index is 14.0. The van der Waals surface area contributed by atoms with Crippen molar-refractivity contribution in [3.63, 3.8) is 0 Å². The highest BCUT2D eigenvalue weighted by Crippen LogP contribution is 2.41. The van der Waals surface area contributed by atoms with Crippen LogP contribution >= 0.6 is 11.3 Å². The Balaban J connectivity index is 1.30. The summed E-state index contributed by atoms with van der Waals surface area (Å²) in [5, 5.41) is 0.934. The van der Waals surface area contributed by atoms with Crippen molar-refractivity contribution in [3.8, 4) is 27.7 Å². The van der Waals surface area contributed by atoms with E-state index in [0.717, 1.165) is 50.9 Å². The number of nitrogens with zero attached hydrogens (tertiary/aromatic N) is 1. The van der Waals surface area contributed by atoms with Gasteiger partial charge in [0.1, 0.15) is 17.2 Å². The van der Waals surface area contributed by atoms with Crippen LogP contribution < -0.4 is 14.2 Å². The number of benzene rings is 3. The summed E-state index contributed by atoms with van der Waals surface area (Å²) < 4.78 is 18.0. The average molecular weight is 572 g/mol. The van der Waals surface area contributed by atoms with Gasteiger partial charge in [-0.15, -0.1) is 11.3 Å². The third-order valence-corrected chi connectivity index (χ3v) is 9.21. The van der Waals surface area contributed by atoms with E-state index in [2.05, 4.69) is 11.8 Å². The number of carbonyl (C=O) groups is 1. The van der Waals surface area contributed by atoms with Gasteiger partial charge in [0.05, 0.1) is 20.8 Å². The van der Waals surface area contributed by atoms with E-state index >= 15 is 0 Å². The standard InChI is InChI=1S/C35H41NO4S/c1-4-5-6-7-20-36-21-8-9-25(23-36)24-40-29-16-10-26(11-17-29)34(37)33-31-19-18-30(39-3)22-32(31)41-35(33)27-12-14-28(38-2)15-13-27/h10-19,22,25H,4-9,20-21,23-24H2,1-3H3. The minimum atomic E-state index is 0.00443. The topological polar surface area (TPSA) is 48.0 Å². The summed E-state index contributed by atoms with van der Waals surface area (Å²) in [5.74, 6) is 2.94. The summed E-state index contributed by atoms with van der Waals surface area (Å²) in [6.07, 6.45) is 7.70. The van der Waals surface area contributed by atoms with Crippen molar-refractivity contribution in [1.82, 2.24) is 4.90 Å². The van der Waals surface area contributed by atoms with E-state index in [1.165, 1.54) is 51.6 Å². The molecule has 0 N–H and O–H groups in total. The Labute approximate surface area is 248 Å². The molecule has 1 saturated heterocycles. The molecule has 41 heavy (non-hydrogen) atoms. The molecule has 0 bridgehead atoms. The minimum Gasteiger partial charge on any atom is -0.497 e. The molecule has 6 heteroatoms. The van der Waals surface area contributed by atoms with Crippen molar-refractivity contribution in [2.75, 3.05) is 40.5 Å². The first kappa shape index (κ1) is 29.2. The Morgan fingerprint density at radius 3 is 2.37 bits per heavy atom. The minimum absolute atomic E-state index is 0.00443. The lowest BCUT2D eigenvalue weighted by atomic mass is 9.97. The van der Waals surface area contributed by atoms with Gasteiger partial charge < -0.3 is 19.1 Å². The highest BCUT2D eigenvalue weighted by atomic mass is 32.1. The SMILES string of the molecule is CCCCCCN1CCCC(COc2ccc(C(=O)c3c(-c4ccc(OC)cc4)sc4cc(OC)ccc34)cc2)C1. The summed E-state index contributed by atoms with van der Waals surface area (Å²) >= 11 is 1.61. The number of piperidine rings is 1. The van der Waals surface area contributed by atoms with Gasteiger partial charge in [-0.2, -0.15) is 0 Å². The third kappa shape index (κ3) is 7.11. The number of rotatable bonds is 13. The van der Waals surface area contributed by atoms with Crippen LogP contribution in [-0.2, 0) is 0 Å². The van der Waals surface area contributed by atoms with E-state index in [1.807, 2.05) is 66.7 Å². The van der Waals surface area contributed by atoms with Crippen LogP contribution in [0.4, 0.5) is 0 Å². The van der Waals surface area contributed by atoms with Gasteiger partial charge in [-0.1, -0.05) is 26.2 Å². The van der Waals surface area contributed by atoms with Crippen LogP contribution in [0.5, 0.6) is 17.2 Å². The number of ketones is 1. The molecule has 216 valence electrons. The molecule has 5 nitrogen and oxygen atoms in total. The normalized spacial score (nSPS) is 15.6. The molecule has 3 aromatic carbocycles. The molecule has 1 unspecified atom stereocenters. The summed E-state index contributed by atoms with van der Waals surface area (Å²) in [4.78, 5) is 17.5. The molecule has 5 rings (SSSR count). The van der Waals surface area contributed by atoms with Crippen LogP contribution in [0.1, 0.15) is 61.4 Å². The van der Waals surface area contributed by atoms with E-state index < -0.39 is 0 Å². The molecular weight excluding hydrogens is 530 g/mol. The first-order valence-corrected chi connectivity index (χ1v) is 15.7. The van der Waals surface area contributed by atoms with Gasteiger partial charge in [-0.3, -0.25) is 4.79 Å². The van der Waals surface area contributed by atoms with Crippen LogP contribution in [0.2, 0.25) is 0 Å². The predicted molar refractivity (Wildman–Crippen MR) is 169 cm³/mol. The quantitative estimate of drug-likeness (QED) is 0.119. The summed E-state index contributed by atoms with van der Waals surface area (Å²) in [6, 6.07) is 21.4. The van der Waals surface area contributed by atoms with Crippen LogP contribution in [0.3, 0.4) is 0 Å². The molecule has 0 amide bonds. The zero-order valence-corrected chi connectivity index (χ0v) is 25.3. The third-order valence-electron chi connectivity index (χ3n) is 8.01. The first-order chi connectivity index (χ1) is 20.1. The Bertz CT molecular complexity index is 1430. The second kappa shape index (κ2) is 14.0. The van der Waals surface area contributed by atoms with Crippen molar-refractivity contribution in [2.45, 2.75) is 45.4 Å². The number of fused-ring (bicyclic) bond motifs is 1. The molecule has 0 spiro atoms. The van der Waals surface area contributed by atoms with E-state index in [0.29, 0.717) is 17.0 Å². The van der Waals surface area contributed by atoms with Crippen molar-refractivity contribution in [3.05, 3.63) is 77.9 Å². The maximum Gasteiger partial charge on any atom is 0.195 e. The molecule has 1 fully saturated rings. The lowest BCUT2D eigenvalue weighted by Crippen LogP contribution is -2.38. The van der Waals surface area contributed by atoms with Crippen LogP contribution in [-0.4, -0.2) is 51.1 Å². The first-order valence-electron chi connectivity index (χ1n) is 14.8. The zero-order valence-electron chi connectivity index (χ0n) is 24.5. The monoisotopic (exact) mass is 571 g/mol. The molecular formula is C35H41NO4S. The smallest absolute Gasteiger partial charge is 0.195 e. The number of unbranched alkanes of at least 4 members (excludes halogenated alkanes) is 3. The lowest BCUT2D eigenvalue weighted by Gasteiger charge is -2.32. The van der Waals surface area contributed by atoms with Gasteiger partial charge in [-0.25, -0.2) is 0 Å². The van der Waals surface area contributed by atoms with Gasteiger partial charge in [0.15, 0.2) is 5.78 Å². The molecule has 1 aromatic heterocycles. The van der Waals surface area contributed by atoms with Crippen molar-refractivity contribution < 1.29 is 19.0 Å². The Morgan fingerprint density at radius 1 is 0.902 bits per heavy atom. The van der Waals surface area contributed by atoms with E-state index in [9.17, 15) is 4.79 Å². The fourth-order valence-electron chi connectivity index (χ4n) is 5.69. The molecule has 0 aliphatic carbocycles. The molecule has 2 heterocycles. The number of likely N-dealkylation sites (tertiary alicyclic amines) is 1. The average Bonchev–Trinajstić information content (AvgIpc) is 3.41. The predicted octanol–water partition coefficient (Wildman–Crippen LogP) is 8.49. The second-order valence-electron chi connectivity index (χ2n) is 10.9. The summed E-state index contributed by atoms with van der Waals surface area (Å²) in [7, 11) is 3.32. The van der Waals surface area contributed by atoms with Crippen molar-refractivity contribution in [1.29, 1.82) is 0 Å². The fraction of sp³-hybridized carbons (Fsp3) is 0.400. The van der Waals surface area contributed by atoms with Crippen LogP contribution in [0.25, 0.3) is 20.5 Å². The summed E-state index contributed by atoms with van der Waals surface area (Å²) in [6.45, 7) is 6.51. The number of methoxy groups -OCH3 is 2. The lowest BCUT2D eigenvalue weighted by molar-refractivity contribution is 0.104. The van der Waals surface area contributed by atoms with Gasteiger partial charge in [-0.05, 0) is 105 Å². The number of ether oxygens (including phenoxy) is 3. The Morgan fingerprint density at radius 2 is 1.63 bits per heavy atom. The van der Waals surface area contributed by atoms with Crippen molar-refractivity contribution >= 4 is 27.2 Å². The van der Waals surface area contributed by atoms with Crippen LogP contribution in [0, 0.1) is 5.92 Å². The Kier molecular flexibility index (Phi) is 9.97. The molecule has 1 atom stereocenters. The highest BCUT2D eigenvalue weighted by Gasteiger charge is 2.23. The van der Waals surface area contributed by atoms with Gasteiger partial charge in [0.2, 0.25) is 0 Å². The number of thiophene rings is 1. The molecule has 0 saturated carbocycles. The molecule has 1 aliphatic rings. The number of hydrogen-bond acceptors (Lipinski definition) is 6. The molecule has 1 aliphatic heterocycles. The van der Waals surface area contributed by atoms with Gasteiger partial charge in [0, 0.05) is 38.6 Å². The number of carbonyl (C=O) groups excluding carboxylic acids is 1. The fourth-order valence-corrected chi connectivity index (χ4v) is 6.92. The van der Waals surface area contributed by atoms with E-state index in [-0.39, 0.29) is 5.78 Å². The van der Waals surface area contributed by atoms with E-state index in [4.69, 9.17) is 14.2 Å². The largest absolute Gasteiger partial charge is 0.497 e.